The van der Waals surface area contributed by atoms with Crippen LogP contribution in [0, 0.1) is 0 Å². The number of nitrogens with zero attached hydrogens (tertiary/aromatic N) is 3. The third-order valence-corrected chi connectivity index (χ3v) is 6.93. The predicted octanol–water partition coefficient (Wildman–Crippen LogP) is 5.58. The topological polar surface area (TPSA) is 101 Å². The number of hydrogen-bond acceptors (Lipinski definition) is 4. The van der Waals surface area contributed by atoms with Gasteiger partial charge in [-0.2, -0.15) is 8.42 Å². The van der Waals surface area contributed by atoms with Crippen molar-refractivity contribution in [1.29, 1.82) is 0 Å². The van der Waals surface area contributed by atoms with Crippen molar-refractivity contribution in [3.63, 3.8) is 0 Å². The van der Waals surface area contributed by atoms with Crippen LogP contribution in [0.2, 0.25) is 0 Å². The molecule has 0 aliphatic carbocycles. The highest BCUT2D eigenvalue weighted by molar-refractivity contribution is 7.85. The van der Waals surface area contributed by atoms with E-state index in [9.17, 15) is 13.0 Å². The fraction of sp³-hybridized carbons (Fsp3) is 0.0370. The minimum Gasteiger partial charge on any atom is -0.355 e. The number of hydrogen-bond donors (Lipinski definition) is 2. The van der Waals surface area contributed by atoms with Crippen molar-refractivity contribution >= 4 is 56.5 Å². The molecule has 2 aliphatic rings. The second kappa shape index (κ2) is 7.90. The van der Waals surface area contributed by atoms with Crippen molar-refractivity contribution in [1.82, 2.24) is 19.5 Å². The Balaban J connectivity index is 1.65. The normalized spacial score (nSPS) is 12.9. The molecule has 0 saturated heterocycles. The van der Waals surface area contributed by atoms with Gasteiger partial charge < -0.3 is 9.55 Å². The number of nitrogens with one attached hydrogen (secondary N) is 1. The summed E-state index contributed by atoms with van der Waals surface area (Å²) in [6.45, 7) is 0. The SMILES string of the molecule is Cn1c2cc3nc(cc4ccc(cc5nc(cc1c(-c1ccc(S(=O)(=O)O)cc1)c2)C=C5)[nH]4)C=C3. The van der Waals surface area contributed by atoms with Crippen LogP contribution in [0.1, 0.15) is 22.8 Å². The van der Waals surface area contributed by atoms with Gasteiger partial charge in [-0.05, 0) is 84.5 Å². The molecule has 0 spiro atoms. The zero-order valence-corrected chi connectivity index (χ0v) is 19.5. The molecule has 8 heteroatoms. The summed E-state index contributed by atoms with van der Waals surface area (Å²) in [6, 6.07) is 20.2. The molecule has 0 amide bonds. The van der Waals surface area contributed by atoms with Crippen LogP contribution in [-0.4, -0.2) is 32.5 Å². The number of rotatable bonds is 2. The Labute approximate surface area is 201 Å². The molecule has 2 N–H and O–H groups in total. The number of aryl methyl sites for hydroxylation is 1. The van der Waals surface area contributed by atoms with E-state index in [2.05, 4.69) is 9.55 Å². The van der Waals surface area contributed by atoms with Crippen LogP contribution in [0.25, 0.3) is 57.5 Å². The maximum Gasteiger partial charge on any atom is 0.294 e. The van der Waals surface area contributed by atoms with E-state index < -0.39 is 10.1 Å². The highest BCUT2D eigenvalue weighted by Crippen LogP contribution is 2.30. The van der Waals surface area contributed by atoms with Gasteiger partial charge >= 0.3 is 0 Å². The van der Waals surface area contributed by atoms with Gasteiger partial charge in [-0.3, -0.25) is 4.55 Å². The van der Waals surface area contributed by atoms with Gasteiger partial charge in [0.15, 0.2) is 0 Å². The third kappa shape index (κ3) is 4.09. The molecule has 0 saturated carbocycles. The second-order valence-corrected chi connectivity index (χ2v) is 9.88. The Morgan fingerprint density at radius 2 is 1.29 bits per heavy atom. The Kier molecular flexibility index (Phi) is 4.80. The molecule has 8 bridgehead atoms. The van der Waals surface area contributed by atoms with Crippen molar-refractivity contribution in [3.8, 4) is 11.1 Å². The summed E-state index contributed by atoms with van der Waals surface area (Å²) in [6.07, 6.45) is 7.88. The van der Waals surface area contributed by atoms with E-state index in [1.54, 1.807) is 12.1 Å². The van der Waals surface area contributed by atoms with Crippen LogP contribution < -0.4 is 0 Å². The van der Waals surface area contributed by atoms with Crippen molar-refractivity contribution in [2.24, 2.45) is 7.05 Å². The summed E-state index contributed by atoms with van der Waals surface area (Å²) < 4.78 is 34.4. The van der Waals surface area contributed by atoms with Crippen LogP contribution >= 0.6 is 0 Å². The summed E-state index contributed by atoms with van der Waals surface area (Å²) >= 11 is 0. The zero-order chi connectivity index (χ0) is 24.2. The lowest BCUT2D eigenvalue weighted by atomic mass is 10.1. The average Bonchev–Trinajstić information content (AvgIpc) is 3.60. The van der Waals surface area contributed by atoms with Gasteiger partial charge in [0.05, 0.1) is 33.2 Å². The first-order valence-electron chi connectivity index (χ1n) is 10.9. The molecule has 0 radical (unpaired) electrons. The molecule has 0 fully saturated rings. The minimum atomic E-state index is -4.26. The molecule has 6 rings (SSSR count). The maximum atomic E-state index is 11.5. The van der Waals surface area contributed by atoms with Gasteiger partial charge in [-0.1, -0.05) is 12.1 Å². The van der Waals surface area contributed by atoms with Crippen LogP contribution in [-0.2, 0) is 17.2 Å². The molecule has 5 heterocycles. The van der Waals surface area contributed by atoms with E-state index in [0.29, 0.717) is 0 Å². The smallest absolute Gasteiger partial charge is 0.294 e. The van der Waals surface area contributed by atoms with Crippen LogP contribution in [0.15, 0.2) is 71.6 Å². The van der Waals surface area contributed by atoms with Gasteiger partial charge in [0.1, 0.15) is 0 Å². The Morgan fingerprint density at radius 3 is 1.86 bits per heavy atom. The molecule has 2 aliphatic heterocycles. The van der Waals surface area contributed by atoms with Crippen LogP contribution in [0.4, 0.5) is 0 Å². The van der Waals surface area contributed by atoms with Gasteiger partial charge in [-0.15, -0.1) is 0 Å². The summed E-state index contributed by atoms with van der Waals surface area (Å²) in [5, 5.41) is 0. The van der Waals surface area contributed by atoms with E-state index in [1.807, 2.05) is 73.8 Å². The Bertz CT molecular complexity index is 1830. The molecule has 3 aromatic heterocycles. The van der Waals surface area contributed by atoms with Crippen LogP contribution in [0.3, 0.4) is 0 Å². The van der Waals surface area contributed by atoms with Crippen molar-refractivity contribution in [2.45, 2.75) is 4.90 Å². The third-order valence-electron chi connectivity index (χ3n) is 6.06. The van der Waals surface area contributed by atoms with Gasteiger partial charge in [0.25, 0.3) is 10.1 Å². The first kappa shape index (κ1) is 21.3. The molecule has 35 heavy (non-hydrogen) atoms. The number of aromatic nitrogens is 4. The predicted molar refractivity (Wildman–Crippen MR) is 139 cm³/mol. The molecule has 172 valence electrons. The molecule has 1 aromatic carbocycles. The monoisotopic (exact) mass is 480 g/mol. The summed E-state index contributed by atoms with van der Waals surface area (Å²) in [5.41, 5.74) is 8.81. The largest absolute Gasteiger partial charge is 0.355 e. The molecule has 0 atom stereocenters. The van der Waals surface area contributed by atoms with E-state index >= 15 is 0 Å². The summed E-state index contributed by atoms with van der Waals surface area (Å²) in [4.78, 5) is 12.7. The summed E-state index contributed by atoms with van der Waals surface area (Å²) in [7, 11) is -2.29. The van der Waals surface area contributed by atoms with Gasteiger partial charge in [0, 0.05) is 29.2 Å². The minimum absolute atomic E-state index is 0.144. The lowest BCUT2D eigenvalue weighted by molar-refractivity contribution is 0.483. The first-order chi connectivity index (χ1) is 16.8. The zero-order valence-electron chi connectivity index (χ0n) is 18.7. The number of benzene rings is 1. The van der Waals surface area contributed by atoms with E-state index in [4.69, 9.17) is 9.97 Å². The maximum absolute atomic E-state index is 11.5. The molecule has 0 unspecified atom stereocenters. The molecule has 7 nitrogen and oxygen atoms in total. The van der Waals surface area contributed by atoms with Crippen molar-refractivity contribution in [2.75, 3.05) is 0 Å². The molecular formula is C27H20N4O3S. The second-order valence-electron chi connectivity index (χ2n) is 8.46. The highest BCUT2D eigenvalue weighted by atomic mass is 32.2. The van der Waals surface area contributed by atoms with Crippen LogP contribution in [0.5, 0.6) is 0 Å². The Hall–Kier alpha value is -4.27. The van der Waals surface area contributed by atoms with Crippen molar-refractivity contribution in [3.05, 3.63) is 89.5 Å². The Morgan fingerprint density at radius 1 is 0.743 bits per heavy atom. The van der Waals surface area contributed by atoms with E-state index in [0.717, 1.165) is 56.0 Å². The quantitative estimate of drug-likeness (QED) is 0.315. The molecule has 4 aromatic rings. The number of fused-ring (bicyclic) bond motifs is 8. The number of H-pyrrole nitrogens is 1. The van der Waals surface area contributed by atoms with Gasteiger partial charge in [0.2, 0.25) is 0 Å². The van der Waals surface area contributed by atoms with E-state index in [-0.39, 0.29) is 4.90 Å². The lowest BCUT2D eigenvalue weighted by Gasteiger charge is -2.03. The molecular weight excluding hydrogens is 460 g/mol. The standard InChI is InChI=1S/C27H20N4O3S/c1-31-24-14-22-8-6-20(29-22)12-18-4-5-19(28-18)13-21-7-9-23(30-21)15-27(31)26(16-24)17-2-10-25(11-3-17)35(32,33)34/h2-16,28H,1H3,(H,32,33,34). The fourth-order valence-corrected chi connectivity index (χ4v) is 4.79. The lowest BCUT2D eigenvalue weighted by Crippen LogP contribution is -1.97. The number of aromatic amines is 1. The van der Waals surface area contributed by atoms with Crippen molar-refractivity contribution < 1.29 is 13.0 Å². The average molecular weight is 481 g/mol. The summed E-state index contributed by atoms with van der Waals surface area (Å²) in [5.74, 6) is 0. The van der Waals surface area contributed by atoms with E-state index in [1.165, 1.54) is 12.1 Å². The first-order valence-corrected chi connectivity index (χ1v) is 12.4. The van der Waals surface area contributed by atoms with Gasteiger partial charge in [-0.25, -0.2) is 9.97 Å². The highest BCUT2D eigenvalue weighted by Gasteiger charge is 2.13. The fourth-order valence-electron chi connectivity index (χ4n) is 4.31.